The molecule has 1 aromatic carbocycles. The highest BCUT2D eigenvalue weighted by atomic mass is 127. The number of hydrogen-bond donors (Lipinski definition) is 2. The number of halogens is 1. The Kier molecular flexibility index (Phi) is 5.84. The van der Waals surface area contributed by atoms with Crippen LogP contribution < -0.4 is 5.32 Å². The Labute approximate surface area is 137 Å². The molecule has 114 valence electrons. The maximum atomic E-state index is 11.8. The summed E-state index contributed by atoms with van der Waals surface area (Å²) in [4.78, 5) is 23.6. The van der Waals surface area contributed by atoms with Gasteiger partial charge in [0.1, 0.15) is 11.3 Å². The monoisotopic (exact) mass is 403 g/mol. The quantitative estimate of drug-likeness (QED) is 0.599. The van der Waals surface area contributed by atoms with E-state index in [-0.39, 0.29) is 29.9 Å². The molecule has 2 rings (SSSR count). The van der Waals surface area contributed by atoms with Crippen LogP contribution in [0.1, 0.15) is 42.5 Å². The van der Waals surface area contributed by atoms with Crippen molar-refractivity contribution in [1.29, 1.82) is 0 Å². The summed E-state index contributed by atoms with van der Waals surface area (Å²) in [6.07, 6.45) is 5.43. The van der Waals surface area contributed by atoms with Crippen LogP contribution >= 0.6 is 22.6 Å². The van der Waals surface area contributed by atoms with Crippen LogP contribution in [-0.2, 0) is 9.53 Å². The summed E-state index contributed by atoms with van der Waals surface area (Å²) < 4.78 is 5.76. The normalized spacial score (nSPS) is 15.5. The Hall–Kier alpha value is -1.31. The first kappa shape index (κ1) is 16.1. The summed E-state index contributed by atoms with van der Waals surface area (Å²) in [6.45, 7) is -0.319. The van der Waals surface area contributed by atoms with Crippen molar-refractivity contribution >= 4 is 34.5 Å². The lowest BCUT2D eigenvalue weighted by atomic mass is 9.95. The zero-order valence-electron chi connectivity index (χ0n) is 11.6. The molecular weight excluding hydrogens is 385 g/mol. The first-order valence-corrected chi connectivity index (χ1v) is 8.09. The van der Waals surface area contributed by atoms with Gasteiger partial charge in [-0.05, 0) is 53.6 Å². The number of hydrogen-bond acceptors (Lipinski definition) is 4. The molecule has 1 saturated carbocycles. The number of phenols is 1. The fourth-order valence-corrected chi connectivity index (χ4v) is 2.89. The van der Waals surface area contributed by atoms with Gasteiger partial charge in [-0.3, -0.25) is 4.79 Å². The smallest absolute Gasteiger partial charge is 0.342 e. The van der Waals surface area contributed by atoms with Crippen LogP contribution in [0.3, 0.4) is 0 Å². The van der Waals surface area contributed by atoms with Crippen molar-refractivity contribution in [3.05, 3.63) is 27.3 Å². The molecule has 0 spiro atoms. The molecule has 0 bridgehead atoms. The molecule has 0 aromatic heterocycles. The third-order valence-electron chi connectivity index (χ3n) is 3.48. The van der Waals surface area contributed by atoms with Gasteiger partial charge in [0.15, 0.2) is 6.61 Å². The van der Waals surface area contributed by atoms with Crippen molar-refractivity contribution in [2.75, 3.05) is 6.61 Å². The van der Waals surface area contributed by atoms with Gasteiger partial charge in [-0.25, -0.2) is 4.79 Å². The molecule has 1 aliphatic carbocycles. The van der Waals surface area contributed by atoms with Crippen molar-refractivity contribution in [1.82, 2.24) is 5.32 Å². The predicted octanol–water partition coefficient (Wildman–Crippen LogP) is 2.60. The maximum absolute atomic E-state index is 11.8. The van der Waals surface area contributed by atoms with Gasteiger partial charge in [-0.15, -0.1) is 0 Å². The van der Waals surface area contributed by atoms with Gasteiger partial charge in [-0.1, -0.05) is 19.3 Å². The summed E-state index contributed by atoms with van der Waals surface area (Å²) in [7, 11) is 0. The minimum Gasteiger partial charge on any atom is -0.507 e. The van der Waals surface area contributed by atoms with Crippen LogP contribution in [0.4, 0.5) is 0 Å². The van der Waals surface area contributed by atoms with E-state index in [0.717, 1.165) is 29.3 Å². The Balaban J connectivity index is 1.82. The number of aromatic hydroxyl groups is 1. The molecule has 0 saturated heterocycles. The molecule has 0 radical (unpaired) electrons. The third kappa shape index (κ3) is 4.87. The van der Waals surface area contributed by atoms with Crippen LogP contribution in [0.5, 0.6) is 5.75 Å². The number of rotatable bonds is 4. The van der Waals surface area contributed by atoms with Crippen molar-refractivity contribution < 1.29 is 19.4 Å². The number of carbonyl (C=O) groups is 2. The number of nitrogens with one attached hydrogen (secondary N) is 1. The topological polar surface area (TPSA) is 75.6 Å². The second-order valence-electron chi connectivity index (χ2n) is 5.14. The van der Waals surface area contributed by atoms with E-state index in [1.807, 2.05) is 22.6 Å². The van der Waals surface area contributed by atoms with Gasteiger partial charge >= 0.3 is 5.97 Å². The van der Waals surface area contributed by atoms with Crippen molar-refractivity contribution in [3.8, 4) is 5.75 Å². The molecule has 1 aliphatic rings. The zero-order chi connectivity index (χ0) is 15.2. The number of amides is 1. The standard InChI is InChI=1S/C15H18INO4/c16-10-6-7-13(18)12(8-10)15(20)21-9-14(19)17-11-4-2-1-3-5-11/h6-8,11,18H,1-5,9H2,(H,17,19). The summed E-state index contributed by atoms with van der Waals surface area (Å²) in [5.74, 6) is -1.13. The molecule has 1 fully saturated rings. The third-order valence-corrected chi connectivity index (χ3v) is 4.15. The number of benzene rings is 1. The zero-order valence-corrected chi connectivity index (χ0v) is 13.8. The summed E-state index contributed by atoms with van der Waals surface area (Å²) >= 11 is 2.04. The van der Waals surface area contributed by atoms with E-state index >= 15 is 0 Å². The molecule has 0 heterocycles. The van der Waals surface area contributed by atoms with Gasteiger partial charge in [-0.2, -0.15) is 0 Å². The molecule has 5 nitrogen and oxygen atoms in total. The highest BCUT2D eigenvalue weighted by Crippen LogP contribution is 2.20. The molecule has 0 atom stereocenters. The highest BCUT2D eigenvalue weighted by molar-refractivity contribution is 14.1. The minimum atomic E-state index is -0.690. The Bertz CT molecular complexity index is 526. The van der Waals surface area contributed by atoms with Gasteiger partial charge in [0, 0.05) is 9.61 Å². The molecule has 0 aliphatic heterocycles. The lowest BCUT2D eigenvalue weighted by Gasteiger charge is -2.22. The van der Waals surface area contributed by atoms with E-state index in [1.165, 1.54) is 18.6 Å². The largest absolute Gasteiger partial charge is 0.507 e. The molecule has 2 N–H and O–H groups in total. The summed E-state index contributed by atoms with van der Waals surface area (Å²) in [5, 5.41) is 12.5. The molecular formula is C15H18INO4. The van der Waals surface area contributed by atoms with E-state index in [9.17, 15) is 14.7 Å². The molecule has 0 unspecified atom stereocenters. The fourth-order valence-electron chi connectivity index (χ4n) is 2.40. The number of phenolic OH excluding ortho intramolecular Hbond substituents is 1. The van der Waals surface area contributed by atoms with E-state index in [2.05, 4.69) is 5.32 Å². The van der Waals surface area contributed by atoms with Gasteiger partial charge in [0.05, 0.1) is 0 Å². The molecule has 21 heavy (non-hydrogen) atoms. The summed E-state index contributed by atoms with van der Waals surface area (Å²) in [5.41, 5.74) is 0.0763. The Morgan fingerprint density at radius 3 is 2.71 bits per heavy atom. The predicted molar refractivity (Wildman–Crippen MR) is 86.1 cm³/mol. The SMILES string of the molecule is O=C(COC(=O)c1cc(I)ccc1O)NC1CCCCC1. The second-order valence-corrected chi connectivity index (χ2v) is 6.39. The van der Waals surface area contributed by atoms with Crippen LogP contribution in [-0.4, -0.2) is 29.6 Å². The van der Waals surface area contributed by atoms with Crippen LogP contribution in [0.2, 0.25) is 0 Å². The average molecular weight is 403 g/mol. The fraction of sp³-hybridized carbons (Fsp3) is 0.467. The van der Waals surface area contributed by atoms with Crippen LogP contribution in [0, 0.1) is 3.57 Å². The van der Waals surface area contributed by atoms with Gasteiger partial charge < -0.3 is 15.2 Å². The van der Waals surface area contributed by atoms with Crippen molar-refractivity contribution in [2.45, 2.75) is 38.1 Å². The average Bonchev–Trinajstić information content (AvgIpc) is 2.48. The minimum absolute atomic E-state index is 0.0763. The van der Waals surface area contributed by atoms with Crippen LogP contribution in [0.15, 0.2) is 18.2 Å². The van der Waals surface area contributed by atoms with E-state index in [0.29, 0.717) is 0 Å². The first-order valence-electron chi connectivity index (χ1n) is 7.01. The highest BCUT2D eigenvalue weighted by Gasteiger charge is 2.18. The number of ether oxygens (including phenoxy) is 1. The second kappa shape index (κ2) is 7.63. The maximum Gasteiger partial charge on any atom is 0.342 e. The molecule has 1 aromatic rings. The van der Waals surface area contributed by atoms with Gasteiger partial charge in [0.2, 0.25) is 0 Å². The number of carbonyl (C=O) groups excluding carboxylic acids is 2. The van der Waals surface area contributed by atoms with E-state index in [4.69, 9.17) is 4.74 Å². The Morgan fingerprint density at radius 2 is 2.00 bits per heavy atom. The van der Waals surface area contributed by atoms with Crippen LogP contribution in [0.25, 0.3) is 0 Å². The lowest BCUT2D eigenvalue weighted by molar-refractivity contribution is -0.125. The Morgan fingerprint density at radius 1 is 1.29 bits per heavy atom. The first-order chi connectivity index (χ1) is 10.1. The lowest BCUT2D eigenvalue weighted by Crippen LogP contribution is -2.38. The number of esters is 1. The van der Waals surface area contributed by atoms with E-state index < -0.39 is 5.97 Å². The van der Waals surface area contributed by atoms with Crippen molar-refractivity contribution in [3.63, 3.8) is 0 Å². The molecule has 6 heteroatoms. The molecule has 1 amide bonds. The van der Waals surface area contributed by atoms with Gasteiger partial charge in [0.25, 0.3) is 5.91 Å². The van der Waals surface area contributed by atoms with Crippen molar-refractivity contribution in [2.24, 2.45) is 0 Å². The van der Waals surface area contributed by atoms with E-state index in [1.54, 1.807) is 6.07 Å². The summed E-state index contributed by atoms with van der Waals surface area (Å²) in [6, 6.07) is 4.83.